The van der Waals surface area contributed by atoms with Crippen LogP contribution in [0.4, 0.5) is 5.69 Å². The summed E-state index contributed by atoms with van der Waals surface area (Å²) in [6.45, 7) is 7.88. The van der Waals surface area contributed by atoms with Gasteiger partial charge in [0.2, 0.25) is 5.69 Å². The number of aromatic nitrogens is 2. The molecule has 4 heteroatoms. The lowest BCUT2D eigenvalue weighted by Gasteiger charge is -2.16. The molecule has 0 radical (unpaired) electrons. The van der Waals surface area contributed by atoms with E-state index in [4.69, 9.17) is 6.57 Å². The molecule has 0 saturated carbocycles. The largest absolute Gasteiger partial charge is 0.310 e. The van der Waals surface area contributed by atoms with Gasteiger partial charge in [0.05, 0.1) is 40.3 Å². The Bertz CT molecular complexity index is 2690. The number of nitrogens with zero attached hydrogens (tertiary/aromatic N) is 4. The second-order valence-electron chi connectivity index (χ2n) is 12.0. The van der Waals surface area contributed by atoms with Crippen molar-refractivity contribution in [2.45, 2.75) is 0 Å². The summed E-state index contributed by atoms with van der Waals surface area (Å²) in [6, 6.07) is 57.0. The number of para-hydroxylation sites is 4. The molecule has 9 aromatic rings. The lowest BCUT2D eigenvalue weighted by atomic mass is 9.95. The van der Waals surface area contributed by atoms with Crippen molar-refractivity contribution in [3.05, 3.63) is 175 Å². The van der Waals surface area contributed by atoms with Crippen LogP contribution < -0.4 is 0 Å². The summed E-state index contributed by atoms with van der Waals surface area (Å²) in [5.41, 5.74) is 11.2. The highest BCUT2D eigenvalue weighted by molar-refractivity contribution is 6.10. The molecule has 0 unspecified atom stereocenters. The fourth-order valence-corrected chi connectivity index (χ4v) is 7.23. The molecule has 222 valence electrons. The number of benzene rings is 7. The van der Waals surface area contributed by atoms with Gasteiger partial charge in [0.15, 0.2) is 0 Å². The van der Waals surface area contributed by atoms with E-state index in [0.717, 1.165) is 55.4 Å². The molecule has 2 aromatic heterocycles. The summed E-state index contributed by atoms with van der Waals surface area (Å²) in [7, 11) is 0. The van der Waals surface area contributed by atoms with E-state index in [1.165, 1.54) is 21.8 Å². The van der Waals surface area contributed by atoms with Gasteiger partial charge >= 0.3 is 0 Å². The van der Waals surface area contributed by atoms with Gasteiger partial charge < -0.3 is 9.13 Å². The first kappa shape index (κ1) is 27.4. The highest BCUT2D eigenvalue weighted by Crippen LogP contribution is 2.40. The van der Waals surface area contributed by atoms with E-state index >= 15 is 0 Å². The van der Waals surface area contributed by atoms with Crippen LogP contribution in [0.2, 0.25) is 0 Å². The number of hydrogen-bond acceptors (Lipinski definition) is 1. The fraction of sp³-hybridized carbons (Fsp3) is 0. The predicted octanol–water partition coefficient (Wildman–Crippen LogP) is 11.6. The maximum Gasteiger partial charge on any atom is 0.206 e. The van der Waals surface area contributed by atoms with Crippen LogP contribution >= 0.6 is 0 Å². The Labute approximate surface area is 277 Å². The Kier molecular flexibility index (Phi) is 6.22. The molecular formula is C44H26N4. The van der Waals surface area contributed by atoms with Crippen LogP contribution in [0.25, 0.3) is 82.1 Å². The average Bonchev–Trinajstić information content (AvgIpc) is 3.67. The molecule has 7 aromatic carbocycles. The molecule has 0 fully saturated rings. The lowest BCUT2D eigenvalue weighted by molar-refractivity contribution is 1.18. The zero-order valence-electron chi connectivity index (χ0n) is 25.8. The Morgan fingerprint density at radius 2 is 0.979 bits per heavy atom. The van der Waals surface area contributed by atoms with Crippen LogP contribution in [0, 0.1) is 17.9 Å². The van der Waals surface area contributed by atoms with Crippen molar-refractivity contribution in [3.8, 4) is 39.7 Å². The first-order chi connectivity index (χ1) is 23.7. The minimum absolute atomic E-state index is 0.343. The molecule has 48 heavy (non-hydrogen) atoms. The summed E-state index contributed by atoms with van der Waals surface area (Å²) in [6.07, 6.45) is 0. The molecular weight excluding hydrogens is 585 g/mol. The minimum Gasteiger partial charge on any atom is -0.310 e. The van der Waals surface area contributed by atoms with Gasteiger partial charge in [0.25, 0.3) is 0 Å². The highest BCUT2D eigenvalue weighted by atomic mass is 15.0. The molecule has 0 aliphatic rings. The van der Waals surface area contributed by atoms with Crippen LogP contribution in [0.15, 0.2) is 158 Å². The van der Waals surface area contributed by atoms with Crippen LogP contribution in [0.1, 0.15) is 5.56 Å². The Hall–Kier alpha value is -6.88. The number of fused-ring (bicyclic) bond motifs is 6. The van der Waals surface area contributed by atoms with Gasteiger partial charge in [0.1, 0.15) is 0 Å². The fourth-order valence-electron chi connectivity index (χ4n) is 7.23. The van der Waals surface area contributed by atoms with Gasteiger partial charge in [-0.25, -0.2) is 4.85 Å². The summed E-state index contributed by atoms with van der Waals surface area (Å²) in [4.78, 5) is 3.75. The maximum atomic E-state index is 10.1. The molecule has 0 saturated heterocycles. The van der Waals surface area contributed by atoms with Gasteiger partial charge in [0, 0.05) is 38.5 Å². The monoisotopic (exact) mass is 610 g/mol. The molecule has 0 aliphatic carbocycles. The van der Waals surface area contributed by atoms with E-state index in [-0.39, 0.29) is 0 Å². The second kappa shape index (κ2) is 10.9. The van der Waals surface area contributed by atoms with E-state index in [1.807, 2.05) is 24.3 Å². The first-order valence-electron chi connectivity index (χ1n) is 15.9. The summed E-state index contributed by atoms with van der Waals surface area (Å²) < 4.78 is 4.55. The van der Waals surface area contributed by atoms with Crippen LogP contribution in [0.3, 0.4) is 0 Å². The average molecular weight is 611 g/mol. The third-order valence-electron chi connectivity index (χ3n) is 9.39. The summed E-state index contributed by atoms with van der Waals surface area (Å²) in [5.74, 6) is 0. The number of hydrogen-bond donors (Lipinski definition) is 0. The van der Waals surface area contributed by atoms with Gasteiger partial charge in [-0.2, -0.15) is 5.26 Å². The zero-order chi connectivity index (χ0) is 32.2. The quantitative estimate of drug-likeness (QED) is 0.183. The smallest absolute Gasteiger partial charge is 0.206 e. The van der Waals surface area contributed by atoms with E-state index in [0.29, 0.717) is 11.3 Å². The van der Waals surface area contributed by atoms with Gasteiger partial charge in [-0.1, -0.05) is 103 Å². The SMILES string of the molecule is [C-]#[N+]c1cc(-n2c3ccccc3c3ccccc32)c(-c2cccc(-c3ccc(-n4c5ccccc5c5ccccc54)cc3)c2)cc1C#N. The van der Waals surface area contributed by atoms with Gasteiger partial charge in [-0.15, -0.1) is 0 Å². The molecule has 4 nitrogen and oxygen atoms in total. The Balaban J connectivity index is 1.20. The maximum absolute atomic E-state index is 10.1. The van der Waals surface area contributed by atoms with E-state index in [1.54, 1.807) is 0 Å². The number of nitriles is 1. The highest BCUT2D eigenvalue weighted by Gasteiger charge is 2.19. The third-order valence-corrected chi connectivity index (χ3v) is 9.39. The van der Waals surface area contributed by atoms with Crippen molar-refractivity contribution in [2.75, 3.05) is 0 Å². The van der Waals surface area contributed by atoms with Crippen LogP contribution in [0.5, 0.6) is 0 Å². The zero-order valence-corrected chi connectivity index (χ0v) is 25.8. The van der Waals surface area contributed by atoms with Crippen LogP contribution in [-0.4, -0.2) is 9.13 Å². The van der Waals surface area contributed by atoms with E-state index in [2.05, 4.69) is 154 Å². The molecule has 0 spiro atoms. The minimum atomic E-state index is 0.343. The van der Waals surface area contributed by atoms with E-state index in [9.17, 15) is 5.26 Å². The van der Waals surface area contributed by atoms with Crippen molar-refractivity contribution < 1.29 is 0 Å². The van der Waals surface area contributed by atoms with Crippen molar-refractivity contribution in [1.29, 1.82) is 5.26 Å². The van der Waals surface area contributed by atoms with Crippen molar-refractivity contribution in [1.82, 2.24) is 9.13 Å². The molecule has 9 rings (SSSR count). The molecule has 0 amide bonds. The van der Waals surface area contributed by atoms with E-state index < -0.39 is 0 Å². The summed E-state index contributed by atoms with van der Waals surface area (Å²) in [5, 5.41) is 14.8. The standard InChI is InChI=1S/C44H26N4/c1-46-39-27-44(48-42-19-8-4-15-36(42)37-16-5-9-20-43(37)48)38(26-32(39)28-45)31-12-10-11-30(25-31)29-21-23-33(24-22-29)47-40-17-6-2-13-34(40)35-14-3-7-18-41(35)47/h2-27H. The lowest BCUT2D eigenvalue weighted by Crippen LogP contribution is -1.98. The van der Waals surface area contributed by atoms with Gasteiger partial charge in [-0.05, 0) is 71.3 Å². The Morgan fingerprint density at radius 1 is 0.479 bits per heavy atom. The third kappa shape index (κ3) is 4.14. The molecule has 0 bridgehead atoms. The normalized spacial score (nSPS) is 11.3. The van der Waals surface area contributed by atoms with Crippen molar-refractivity contribution >= 4 is 49.3 Å². The molecule has 0 aliphatic heterocycles. The molecule has 0 atom stereocenters. The molecule has 2 heterocycles. The Morgan fingerprint density at radius 3 is 1.50 bits per heavy atom. The van der Waals surface area contributed by atoms with Crippen molar-refractivity contribution in [3.63, 3.8) is 0 Å². The topological polar surface area (TPSA) is 38.0 Å². The van der Waals surface area contributed by atoms with Crippen molar-refractivity contribution in [2.24, 2.45) is 0 Å². The molecule has 0 N–H and O–H groups in total. The first-order valence-corrected chi connectivity index (χ1v) is 15.9. The second-order valence-corrected chi connectivity index (χ2v) is 12.0. The summed E-state index contributed by atoms with van der Waals surface area (Å²) >= 11 is 0. The predicted molar refractivity (Wildman–Crippen MR) is 197 cm³/mol. The van der Waals surface area contributed by atoms with Crippen LogP contribution in [-0.2, 0) is 0 Å². The number of rotatable bonds is 4. The van der Waals surface area contributed by atoms with Gasteiger partial charge in [-0.3, -0.25) is 0 Å².